The quantitative estimate of drug-likeness (QED) is 0.419. The summed E-state index contributed by atoms with van der Waals surface area (Å²) in [5.74, 6) is -0.584. The number of hydrogen-bond donors (Lipinski definition) is 0. The lowest BCUT2D eigenvalue weighted by Crippen LogP contribution is -2.47. The number of halogens is 3. The summed E-state index contributed by atoms with van der Waals surface area (Å²) >= 11 is 0. The van der Waals surface area contributed by atoms with E-state index in [1.807, 2.05) is 47.7 Å². The molecule has 0 atom stereocenters. The Kier molecular flexibility index (Phi) is 9.71. The zero-order valence-electron chi connectivity index (χ0n) is 21.0. The average molecular weight is 494 g/mol. The number of alkyl halides is 3. The van der Waals surface area contributed by atoms with E-state index in [9.17, 15) is 22.8 Å². The van der Waals surface area contributed by atoms with Crippen molar-refractivity contribution >= 4 is 22.8 Å². The van der Waals surface area contributed by atoms with Crippen molar-refractivity contribution in [3.63, 3.8) is 0 Å². The first-order valence-corrected chi connectivity index (χ1v) is 11.4. The normalized spacial score (nSPS) is 15.0. The van der Waals surface area contributed by atoms with Crippen molar-refractivity contribution in [3.8, 4) is 0 Å². The van der Waals surface area contributed by atoms with Crippen LogP contribution in [0, 0.1) is 0 Å². The Labute approximate surface area is 204 Å². The van der Waals surface area contributed by atoms with Crippen molar-refractivity contribution in [2.24, 2.45) is 0 Å². The number of aromatic nitrogens is 1. The number of aryl methyl sites for hydroxylation is 1. The summed E-state index contributed by atoms with van der Waals surface area (Å²) in [4.78, 5) is 30.1. The molecule has 192 valence electrons. The summed E-state index contributed by atoms with van der Waals surface area (Å²) in [6.45, 7) is 11.9. The standard InChI is InChI=1S/C21H27N3O3.C5H7F3/c1-15(2)9-10-24-17-8-6-5-7-16(17)18(19(24)21(26)27-4)20(25)23-13-11-22(3)12-14-23;1-3-4(2)5(6,7)8/h5-8H,1,9-14H2,2-4H3;3H,1-2H3/b;4-3+. The summed E-state index contributed by atoms with van der Waals surface area (Å²) in [5, 5.41) is 0.795. The smallest absolute Gasteiger partial charge is 0.412 e. The third-order valence-corrected chi connectivity index (χ3v) is 6.00. The summed E-state index contributed by atoms with van der Waals surface area (Å²) in [6.07, 6.45) is -2.36. The second-order valence-electron chi connectivity index (χ2n) is 8.66. The van der Waals surface area contributed by atoms with Crippen LogP contribution in [0.1, 0.15) is 48.0 Å². The number of carbonyl (C=O) groups is 2. The van der Waals surface area contributed by atoms with Gasteiger partial charge >= 0.3 is 12.1 Å². The van der Waals surface area contributed by atoms with Crippen molar-refractivity contribution < 1.29 is 27.5 Å². The van der Waals surface area contributed by atoms with Crippen molar-refractivity contribution in [3.05, 3.63) is 59.3 Å². The lowest BCUT2D eigenvalue weighted by molar-refractivity contribution is -0.0914. The summed E-state index contributed by atoms with van der Waals surface area (Å²) in [6, 6.07) is 7.67. The largest absolute Gasteiger partial charge is 0.464 e. The van der Waals surface area contributed by atoms with Gasteiger partial charge in [0, 0.05) is 49.2 Å². The molecule has 1 aliphatic rings. The first-order valence-electron chi connectivity index (χ1n) is 11.4. The van der Waals surface area contributed by atoms with E-state index < -0.39 is 17.7 Å². The fourth-order valence-corrected chi connectivity index (χ4v) is 3.70. The number of para-hydroxylation sites is 1. The van der Waals surface area contributed by atoms with Gasteiger partial charge in [0.05, 0.1) is 12.7 Å². The number of carbonyl (C=O) groups excluding carboxylic acids is 2. The number of likely N-dealkylation sites (N-methyl/N-ethyl adjacent to an activating group) is 1. The van der Waals surface area contributed by atoms with Gasteiger partial charge < -0.3 is 19.1 Å². The molecule has 1 aromatic heterocycles. The Bertz CT molecular complexity index is 1090. The van der Waals surface area contributed by atoms with Crippen molar-refractivity contribution in [2.75, 3.05) is 40.3 Å². The molecule has 1 aliphatic heterocycles. The molecule has 6 nitrogen and oxygen atoms in total. The molecule has 1 amide bonds. The molecule has 0 bridgehead atoms. The summed E-state index contributed by atoms with van der Waals surface area (Å²) in [7, 11) is 3.40. The Balaban J connectivity index is 0.000000466. The van der Waals surface area contributed by atoms with E-state index >= 15 is 0 Å². The number of fused-ring (bicyclic) bond motifs is 1. The van der Waals surface area contributed by atoms with Crippen LogP contribution in [0.5, 0.6) is 0 Å². The van der Waals surface area contributed by atoms with E-state index in [2.05, 4.69) is 11.5 Å². The number of benzene rings is 1. The number of allylic oxidation sites excluding steroid dienone is 3. The number of amides is 1. The fraction of sp³-hybridized carbons (Fsp3) is 0.462. The number of methoxy groups -OCH3 is 1. The molecule has 1 saturated heterocycles. The van der Waals surface area contributed by atoms with Crippen LogP contribution in [-0.2, 0) is 11.3 Å². The highest BCUT2D eigenvalue weighted by Crippen LogP contribution is 2.29. The van der Waals surface area contributed by atoms with Gasteiger partial charge in [0.2, 0.25) is 0 Å². The zero-order chi connectivity index (χ0) is 26.3. The molecular formula is C26H34F3N3O3. The van der Waals surface area contributed by atoms with Gasteiger partial charge in [-0.1, -0.05) is 29.8 Å². The molecule has 0 aliphatic carbocycles. The molecule has 0 N–H and O–H groups in total. The molecule has 1 fully saturated rings. The number of esters is 1. The third kappa shape index (κ3) is 6.97. The maximum Gasteiger partial charge on any atom is 0.412 e. The molecular weight excluding hydrogens is 459 g/mol. The number of nitrogens with zero attached hydrogens (tertiary/aromatic N) is 3. The van der Waals surface area contributed by atoms with E-state index in [4.69, 9.17) is 4.74 Å². The van der Waals surface area contributed by atoms with Crippen LogP contribution in [0.3, 0.4) is 0 Å². The Morgan fingerprint density at radius 1 is 1.11 bits per heavy atom. The average Bonchev–Trinajstić information content (AvgIpc) is 3.15. The van der Waals surface area contributed by atoms with E-state index in [0.717, 1.165) is 49.0 Å². The van der Waals surface area contributed by atoms with Gasteiger partial charge in [-0.25, -0.2) is 4.79 Å². The van der Waals surface area contributed by atoms with Crippen LogP contribution in [0.2, 0.25) is 0 Å². The molecule has 35 heavy (non-hydrogen) atoms. The predicted molar refractivity (Wildman–Crippen MR) is 132 cm³/mol. The number of ether oxygens (including phenoxy) is 1. The fourth-order valence-electron chi connectivity index (χ4n) is 3.70. The van der Waals surface area contributed by atoms with Gasteiger partial charge in [-0.15, -0.1) is 6.58 Å². The predicted octanol–water partition coefficient (Wildman–Crippen LogP) is 5.30. The van der Waals surface area contributed by atoms with Gasteiger partial charge in [0.15, 0.2) is 0 Å². The van der Waals surface area contributed by atoms with Crippen LogP contribution in [0.15, 0.2) is 48.1 Å². The number of rotatable bonds is 5. The van der Waals surface area contributed by atoms with Gasteiger partial charge in [-0.3, -0.25) is 4.79 Å². The van der Waals surface area contributed by atoms with Gasteiger partial charge in [-0.2, -0.15) is 13.2 Å². The second-order valence-corrected chi connectivity index (χ2v) is 8.66. The maximum atomic E-state index is 13.4. The van der Waals surface area contributed by atoms with Gasteiger partial charge in [-0.05, 0) is 40.3 Å². The molecule has 3 rings (SSSR count). The van der Waals surface area contributed by atoms with Crippen molar-refractivity contribution in [2.45, 2.75) is 39.9 Å². The van der Waals surface area contributed by atoms with Gasteiger partial charge in [0.1, 0.15) is 5.69 Å². The molecule has 9 heteroatoms. The first-order chi connectivity index (χ1) is 16.4. The molecule has 0 unspecified atom stereocenters. The van der Waals surface area contributed by atoms with E-state index in [1.54, 1.807) is 0 Å². The minimum absolute atomic E-state index is 0.103. The second kappa shape index (κ2) is 12.1. The topological polar surface area (TPSA) is 54.8 Å². The summed E-state index contributed by atoms with van der Waals surface area (Å²) in [5.41, 5.74) is 2.14. The monoisotopic (exact) mass is 493 g/mol. The zero-order valence-corrected chi connectivity index (χ0v) is 21.0. The highest BCUT2D eigenvalue weighted by Gasteiger charge is 2.31. The van der Waals surface area contributed by atoms with E-state index in [1.165, 1.54) is 14.0 Å². The highest BCUT2D eigenvalue weighted by molar-refractivity contribution is 6.15. The van der Waals surface area contributed by atoms with E-state index in [-0.39, 0.29) is 5.91 Å². The van der Waals surface area contributed by atoms with Crippen molar-refractivity contribution in [1.82, 2.24) is 14.4 Å². The number of hydrogen-bond acceptors (Lipinski definition) is 4. The van der Waals surface area contributed by atoms with Crippen LogP contribution in [-0.4, -0.2) is 72.8 Å². The summed E-state index contributed by atoms with van der Waals surface area (Å²) < 4.78 is 41.1. The number of piperazine rings is 1. The maximum absolute atomic E-state index is 13.4. The lowest BCUT2D eigenvalue weighted by Gasteiger charge is -2.32. The van der Waals surface area contributed by atoms with Crippen LogP contribution < -0.4 is 0 Å². The minimum Gasteiger partial charge on any atom is -0.464 e. The molecule has 0 spiro atoms. The van der Waals surface area contributed by atoms with Crippen molar-refractivity contribution in [1.29, 1.82) is 0 Å². The SMILES string of the molecule is C/C=C(\C)C(F)(F)F.C=C(C)CCn1c(C(=O)OC)c(C(=O)N2CCN(C)CC2)c2ccccc21. The molecule has 0 saturated carbocycles. The van der Waals surface area contributed by atoms with Crippen LogP contribution in [0.25, 0.3) is 10.9 Å². The highest BCUT2D eigenvalue weighted by atomic mass is 19.4. The Hall–Kier alpha value is -3.07. The van der Waals surface area contributed by atoms with Crippen LogP contribution >= 0.6 is 0 Å². The van der Waals surface area contributed by atoms with Crippen LogP contribution in [0.4, 0.5) is 13.2 Å². The Morgan fingerprint density at radius 2 is 1.71 bits per heavy atom. The third-order valence-electron chi connectivity index (χ3n) is 6.00. The lowest BCUT2D eigenvalue weighted by atomic mass is 10.1. The van der Waals surface area contributed by atoms with E-state index in [0.29, 0.717) is 30.9 Å². The first kappa shape index (κ1) is 28.2. The molecule has 2 aromatic rings. The Morgan fingerprint density at radius 3 is 2.20 bits per heavy atom. The molecule has 0 radical (unpaired) electrons. The molecule has 2 heterocycles. The molecule has 1 aromatic carbocycles. The van der Waals surface area contributed by atoms with Gasteiger partial charge in [0.25, 0.3) is 5.91 Å². The minimum atomic E-state index is -4.13.